The summed E-state index contributed by atoms with van der Waals surface area (Å²) >= 11 is 13.5. The van der Waals surface area contributed by atoms with Crippen molar-refractivity contribution in [3.8, 4) is 0 Å². The van der Waals surface area contributed by atoms with Gasteiger partial charge in [-0.2, -0.15) is 0 Å². The van der Waals surface area contributed by atoms with Gasteiger partial charge in [-0.25, -0.2) is 0 Å². The average molecular weight is 207 g/mol. The lowest BCUT2D eigenvalue weighted by Crippen LogP contribution is -1.79. The SMILES string of the molecule is CSc1ccc(C)c(Cl)c1Cl. The summed E-state index contributed by atoms with van der Waals surface area (Å²) < 4.78 is 0. The third-order valence-corrected chi connectivity index (χ3v) is 3.33. The molecule has 0 aromatic heterocycles. The summed E-state index contributed by atoms with van der Waals surface area (Å²) in [7, 11) is 0. The fourth-order valence-electron chi connectivity index (χ4n) is 0.786. The van der Waals surface area contributed by atoms with Crippen molar-refractivity contribution in [3.05, 3.63) is 27.7 Å². The second-order valence-corrected chi connectivity index (χ2v) is 3.82. The fraction of sp³-hybridized carbons (Fsp3) is 0.250. The van der Waals surface area contributed by atoms with Gasteiger partial charge in [0.1, 0.15) is 0 Å². The summed E-state index contributed by atoms with van der Waals surface area (Å²) in [5.41, 5.74) is 1.02. The fourth-order valence-corrected chi connectivity index (χ4v) is 1.94. The molecular weight excluding hydrogens is 199 g/mol. The lowest BCUT2D eigenvalue weighted by Gasteiger charge is -2.04. The normalized spacial score (nSPS) is 10.2. The van der Waals surface area contributed by atoms with Crippen LogP contribution >= 0.6 is 35.0 Å². The Morgan fingerprint density at radius 1 is 1.18 bits per heavy atom. The second kappa shape index (κ2) is 3.70. The van der Waals surface area contributed by atoms with Crippen LogP contribution in [0.4, 0.5) is 0 Å². The third-order valence-electron chi connectivity index (χ3n) is 1.46. The molecule has 11 heavy (non-hydrogen) atoms. The van der Waals surface area contributed by atoms with E-state index < -0.39 is 0 Å². The van der Waals surface area contributed by atoms with Gasteiger partial charge >= 0.3 is 0 Å². The average Bonchev–Trinajstić information content (AvgIpc) is 2.01. The van der Waals surface area contributed by atoms with Crippen LogP contribution in [0.25, 0.3) is 0 Å². The van der Waals surface area contributed by atoms with Gasteiger partial charge in [-0.1, -0.05) is 29.3 Å². The molecule has 0 aliphatic heterocycles. The molecule has 1 aromatic carbocycles. The first-order chi connectivity index (χ1) is 5.16. The first-order valence-electron chi connectivity index (χ1n) is 3.15. The topological polar surface area (TPSA) is 0 Å². The summed E-state index contributed by atoms with van der Waals surface area (Å²) in [6.07, 6.45) is 1.98. The molecule has 0 fully saturated rings. The van der Waals surface area contributed by atoms with Crippen molar-refractivity contribution in [1.29, 1.82) is 0 Å². The molecule has 0 unspecified atom stereocenters. The summed E-state index contributed by atoms with van der Waals surface area (Å²) in [6, 6.07) is 3.95. The van der Waals surface area contributed by atoms with Crippen LogP contribution in [-0.2, 0) is 0 Å². The van der Waals surface area contributed by atoms with E-state index in [2.05, 4.69) is 0 Å². The van der Waals surface area contributed by atoms with Crippen molar-refractivity contribution in [2.75, 3.05) is 6.26 Å². The van der Waals surface area contributed by atoms with Gasteiger partial charge in [-0.3, -0.25) is 0 Å². The van der Waals surface area contributed by atoms with Gasteiger partial charge in [-0.15, -0.1) is 11.8 Å². The zero-order valence-electron chi connectivity index (χ0n) is 6.32. The Bertz CT molecular complexity index is 271. The van der Waals surface area contributed by atoms with Gasteiger partial charge < -0.3 is 0 Å². The molecule has 60 valence electrons. The van der Waals surface area contributed by atoms with E-state index in [1.807, 2.05) is 25.3 Å². The number of aryl methyl sites for hydroxylation is 1. The van der Waals surface area contributed by atoms with Crippen LogP contribution in [0.1, 0.15) is 5.56 Å². The lowest BCUT2D eigenvalue weighted by molar-refractivity contribution is 1.38. The van der Waals surface area contributed by atoms with E-state index in [0.717, 1.165) is 10.5 Å². The van der Waals surface area contributed by atoms with Gasteiger partial charge in [0.25, 0.3) is 0 Å². The number of hydrogen-bond acceptors (Lipinski definition) is 1. The molecule has 0 aliphatic carbocycles. The zero-order chi connectivity index (χ0) is 8.43. The minimum atomic E-state index is 0.665. The Labute approximate surface area is 80.9 Å². The second-order valence-electron chi connectivity index (χ2n) is 2.21. The number of benzene rings is 1. The molecule has 0 aliphatic rings. The van der Waals surface area contributed by atoms with Crippen LogP contribution < -0.4 is 0 Å². The highest BCUT2D eigenvalue weighted by Gasteiger charge is 2.05. The molecule has 0 N–H and O–H groups in total. The van der Waals surface area contributed by atoms with Gasteiger partial charge in [0.2, 0.25) is 0 Å². The zero-order valence-corrected chi connectivity index (χ0v) is 8.65. The molecule has 1 aromatic rings. The first-order valence-corrected chi connectivity index (χ1v) is 5.13. The Hall–Kier alpha value is 0.150. The van der Waals surface area contributed by atoms with Crippen molar-refractivity contribution in [2.45, 2.75) is 11.8 Å². The molecule has 0 radical (unpaired) electrons. The van der Waals surface area contributed by atoms with Crippen LogP contribution in [0.5, 0.6) is 0 Å². The molecule has 0 bridgehead atoms. The van der Waals surface area contributed by atoms with E-state index in [1.165, 1.54) is 0 Å². The number of thioether (sulfide) groups is 1. The highest BCUT2D eigenvalue weighted by Crippen LogP contribution is 2.33. The predicted molar refractivity (Wildman–Crippen MR) is 53.0 cm³/mol. The molecule has 0 amide bonds. The minimum Gasteiger partial charge on any atom is -0.128 e. The summed E-state index contributed by atoms with van der Waals surface area (Å²) in [4.78, 5) is 1.03. The van der Waals surface area contributed by atoms with E-state index >= 15 is 0 Å². The van der Waals surface area contributed by atoms with Gasteiger partial charge in [-0.05, 0) is 24.8 Å². The van der Waals surface area contributed by atoms with Gasteiger partial charge in [0.05, 0.1) is 10.0 Å². The smallest absolute Gasteiger partial charge is 0.0730 e. The van der Waals surface area contributed by atoms with Crippen molar-refractivity contribution >= 4 is 35.0 Å². The first kappa shape index (κ1) is 9.24. The molecule has 0 atom stereocenters. The summed E-state index contributed by atoms with van der Waals surface area (Å²) in [5, 5.41) is 1.33. The number of halogens is 2. The van der Waals surface area contributed by atoms with E-state index in [4.69, 9.17) is 23.2 Å². The highest BCUT2D eigenvalue weighted by atomic mass is 35.5. The molecule has 0 heterocycles. The maximum absolute atomic E-state index is 5.95. The van der Waals surface area contributed by atoms with Crippen LogP contribution in [0, 0.1) is 6.92 Å². The van der Waals surface area contributed by atoms with E-state index in [1.54, 1.807) is 11.8 Å². The van der Waals surface area contributed by atoms with Crippen LogP contribution in [0.3, 0.4) is 0 Å². The van der Waals surface area contributed by atoms with Gasteiger partial charge in [0.15, 0.2) is 0 Å². The maximum Gasteiger partial charge on any atom is 0.0730 e. The van der Waals surface area contributed by atoms with E-state index in [-0.39, 0.29) is 0 Å². The quantitative estimate of drug-likeness (QED) is 0.626. The lowest BCUT2D eigenvalue weighted by atomic mass is 10.2. The standard InChI is InChI=1S/C8H8Cl2S/c1-5-3-4-6(11-2)8(10)7(5)9/h3-4H,1-2H3. The summed E-state index contributed by atoms with van der Waals surface area (Å²) in [5.74, 6) is 0. The van der Waals surface area contributed by atoms with Crippen LogP contribution in [0.15, 0.2) is 17.0 Å². The Balaban J connectivity index is 3.25. The molecule has 1 rings (SSSR count). The van der Waals surface area contributed by atoms with Crippen LogP contribution in [-0.4, -0.2) is 6.26 Å². The Kier molecular flexibility index (Phi) is 3.11. The highest BCUT2D eigenvalue weighted by molar-refractivity contribution is 7.98. The Morgan fingerprint density at radius 2 is 1.82 bits per heavy atom. The maximum atomic E-state index is 5.95. The van der Waals surface area contributed by atoms with E-state index in [0.29, 0.717) is 10.0 Å². The number of hydrogen-bond donors (Lipinski definition) is 0. The van der Waals surface area contributed by atoms with Crippen molar-refractivity contribution < 1.29 is 0 Å². The van der Waals surface area contributed by atoms with E-state index in [9.17, 15) is 0 Å². The summed E-state index contributed by atoms with van der Waals surface area (Å²) in [6.45, 7) is 1.94. The molecule has 0 saturated carbocycles. The monoisotopic (exact) mass is 206 g/mol. The minimum absolute atomic E-state index is 0.665. The van der Waals surface area contributed by atoms with Crippen LogP contribution in [0.2, 0.25) is 10.0 Å². The van der Waals surface area contributed by atoms with Crippen molar-refractivity contribution in [2.24, 2.45) is 0 Å². The van der Waals surface area contributed by atoms with Gasteiger partial charge in [0, 0.05) is 4.90 Å². The molecular formula is C8H8Cl2S. The molecule has 3 heteroatoms. The third kappa shape index (κ3) is 1.84. The Morgan fingerprint density at radius 3 is 2.36 bits per heavy atom. The van der Waals surface area contributed by atoms with Crippen molar-refractivity contribution in [1.82, 2.24) is 0 Å². The number of rotatable bonds is 1. The molecule has 0 saturated heterocycles. The molecule has 0 nitrogen and oxygen atoms in total. The molecule has 0 spiro atoms. The predicted octanol–water partition coefficient (Wildman–Crippen LogP) is 4.02. The largest absolute Gasteiger partial charge is 0.128 e. The van der Waals surface area contributed by atoms with Crippen molar-refractivity contribution in [3.63, 3.8) is 0 Å².